The first-order valence-electron chi connectivity index (χ1n) is 5.87. The Morgan fingerprint density at radius 3 is 2.70 bits per heavy atom. The molecular formula is C15H11ClN2O2. The number of rotatable bonds is 4. The van der Waals surface area contributed by atoms with E-state index in [1.807, 2.05) is 18.2 Å². The lowest BCUT2D eigenvalue weighted by Gasteiger charge is -2.04. The van der Waals surface area contributed by atoms with Gasteiger partial charge in [-0.3, -0.25) is 4.79 Å². The zero-order valence-corrected chi connectivity index (χ0v) is 11.2. The Kier molecular flexibility index (Phi) is 4.59. The fourth-order valence-corrected chi connectivity index (χ4v) is 1.67. The third-order valence-electron chi connectivity index (χ3n) is 2.56. The largest absolute Gasteiger partial charge is 0.465 e. The molecule has 20 heavy (non-hydrogen) atoms. The Balaban J connectivity index is 2.00. The monoisotopic (exact) mass is 286 g/mol. The Bertz CT molecular complexity index is 652. The van der Waals surface area contributed by atoms with Crippen LogP contribution in [0.4, 0.5) is 0 Å². The lowest BCUT2D eigenvalue weighted by Crippen LogP contribution is -2.23. The van der Waals surface area contributed by atoms with E-state index in [4.69, 9.17) is 21.3 Å². The van der Waals surface area contributed by atoms with Crippen LogP contribution in [0.15, 0.2) is 52.7 Å². The molecule has 0 aliphatic carbocycles. The van der Waals surface area contributed by atoms with Gasteiger partial charge in [-0.25, -0.2) is 0 Å². The van der Waals surface area contributed by atoms with Crippen LogP contribution in [0.1, 0.15) is 11.3 Å². The van der Waals surface area contributed by atoms with Crippen molar-refractivity contribution in [3.63, 3.8) is 0 Å². The summed E-state index contributed by atoms with van der Waals surface area (Å²) in [6.45, 7) is 0.327. The minimum Gasteiger partial charge on any atom is -0.465 e. The second-order valence-electron chi connectivity index (χ2n) is 3.99. The van der Waals surface area contributed by atoms with Gasteiger partial charge < -0.3 is 9.73 Å². The lowest BCUT2D eigenvalue weighted by atomic mass is 10.2. The maximum atomic E-state index is 11.9. The van der Waals surface area contributed by atoms with Crippen LogP contribution >= 0.6 is 11.6 Å². The molecule has 0 atom stereocenters. The fourth-order valence-electron chi connectivity index (χ4n) is 1.54. The van der Waals surface area contributed by atoms with Crippen LogP contribution in [0.25, 0.3) is 6.08 Å². The van der Waals surface area contributed by atoms with Crippen molar-refractivity contribution in [2.24, 2.45) is 0 Å². The van der Waals surface area contributed by atoms with Crippen molar-refractivity contribution in [3.05, 3.63) is 64.6 Å². The zero-order valence-electron chi connectivity index (χ0n) is 10.5. The second-order valence-corrected chi connectivity index (χ2v) is 4.43. The average Bonchev–Trinajstić information content (AvgIpc) is 2.97. The van der Waals surface area contributed by atoms with Gasteiger partial charge >= 0.3 is 0 Å². The molecule has 100 valence electrons. The predicted octanol–water partition coefficient (Wildman–Crippen LogP) is 3.16. The Labute approximate surface area is 121 Å². The van der Waals surface area contributed by atoms with Crippen molar-refractivity contribution >= 4 is 23.6 Å². The van der Waals surface area contributed by atoms with E-state index in [1.54, 1.807) is 24.3 Å². The minimum atomic E-state index is -0.446. The summed E-state index contributed by atoms with van der Waals surface area (Å²) in [7, 11) is 0. The summed E-state index contributed by atoms with van der Waals surface area (Å²) < 4.78 is 5.07. The fraction of sp³-hybridized carbons (Fsp3) is 0.0667. The SMILES string of the molecule is N#C/C(=C\c1ccco1)C(=O)NCc1ccc(Cl)cc1. The average molecular weight is 287 g/mol. The smallest absolute Gasteiger partial charge is 0.262 e. The molecule has 1 heterocycles. The number of hydrogen-bond donors (Lipinski definition) is 1. The highest BCUT2D eigenvalue weighted by molar-refractivity contribution is 6.30. The molecule has 5 heteroatoms. The second kappa shape index (κ2) is 6.60. The number of benzene rings is 1. The van der Waals surface area contributed by atoms with Crippen LogP contribution in [0, 0.1) is 11.3 Å². The summed E-state index contributed by atoms with van der Waals surface area (Å²) in [6.07, 6.45) is 2.88. The number of nitrogens with one attached hydrogen (secondary N) is 1. The molecule has 0 aliphatic rings. The van der Waals surface area contributed by atoms with Gasteiger partial charge in [-0.05, 0) is 29.8 Å². The van der Waals surface area contributed by atoms with E-state index in [0.717, 1.165) is 5.56 Å². The molecule has 2 aromatic rings. The molecule has 1 aromatic carbocycles. The topological polar surface area (TPSA) is 66.0 Å². The van der Waals surface area contributed by atoms with Crippen molar-refractivity contribution in [1.82, 2.24) is 5.32 Å². The Morgan fingerprint density at radius 2 is 2.10 bits per heavy atom. The van der Waals surface area contributed by atoms with E-state index in [0.29, 0.717) is 17.3 Å². The molecule has 4 nitrogen and oxygen atoms in total. The molecule has 0 fully saturated rings. The molecule has 0 aliphatic heterocycles. The van der Waals surface area contributed by atoms with E-state index in [2.05, 4.69) is 5.32 Å². The number of nitrogens with zero attached hydrogens (tertiary/aromatic N) is 1. The number of carbonyl (C=O) groups is 1. The highest BCUT2D eigenvalue weighted by Gasteiger charge is 2.09. The molecule has 0 bridgehead atoms. The summed E-state index contributed by atoms with van der Waals surface area (Å²) in [5.41, 5.74) is 0.895. The van der Waals surface area contributed by atoms with E-state index >= 15 is 0 Å². The lowest BCUT2D eigenvalue weighted by molar-refractivity contribution is -0.117. The number of halogens is 1. The van der Waals surface area contributed by atoms with Gasteiger partial charge in [-0.1, -0.05) is 23.7 Å². The normalized spacial score (nSPS) is 10.9. The minimum absolute atomic E-state index is 0.00564. The predicted molar refractivity (Wildman–Crippen MR) is 75.6 cm³/mol. The summed E-state index contributed by atoms with van der Waals surface area (Å²) >= 11 is 5.78. The van der Waals surface area contributed by atoms with Crippen molar-refractivity contribution in [2.75, 3.05) is 0 Å². The highest BCUT2D eigenvalue weighted by atomic mass is 35.5. The van der Waals surface area contributed by atoms with Crippen LogP contribution < -0.4 is 5.32 Å². The van der Waals surface area contributed by atoms with Gasteiger partial charge in [-0.15, -0.1) is 0 Å². The van der Waals surface area contributed by atoms with Crippen molar-refractivity contribution in [3.8, 4) is 6.07 Å². The highest BCUT2D eigenvalue weighted by Crippen LogP contribution is 2.10. The zero-order chi connectivity index (χ0) is 14.4. The van der Waals surface area contributed by atoms with E-state index in [9.17, 15) is 4.79 Å². The molecule has 2 rings (SSSR count). The standard InChI is InChI=1S/C15H11ClN2O2/c16-13-5-3-11(4-6-13)10-18-15(19)12(9-17)8-14-2-1-7-20-14/h1-8H,10H2,(H,18,19)/b12-8+. The first kappa shape index (κ1) is 13.9. The Morgan fingerprint density at radius 1 is 1.35 bits per heavy atom. The maximum Gasteiger partial charge on any atom is 0.262 e. The van der Waals surface area contributed by atoms with E-state index in [-0.39, 0.29) is 5.57 Å². The molecule has 0 spiro atoms. The van der Waals surface area contributed by atoms with Crippen molar-refractivity contribution < 1.29 is 9.21 Å². The molecule has 0 saturated heterocycles. The van der Waals surface area contributed by atoms with Gasteiger partial charge in [0.25, 0.3) is 5.91 Å². The summed E-state index contributed by atoms with van der Waals surface area (Å²) in [4.78, 5) is 11.9. The van der Waals surface area contributed by atoms with Gasteiger partial charge in [0.2, 0.25) is 0 Å². The molecule has 1 aromatic heterocycles. The van der Waals surface area contributed by atoms with Crippen LogP contribution in [0.2, 0.25) is 5.02 Å². The molecular weight excluding hydrogens is 276 g/mol. The van der Waals surface area contributed by atoms with Crippen LogP contribution in [-0.4, -0.2) is 5.91 Å². The van der Waals surface area contributed by atoms with Crippen LogP contribution in [0.5, 0.6) is 0 Å². The number of amides is 1. The van der Waals surface area contributed by atoms with Gasteiger partial charge in [0.15, 0.2) is 0 Å². The summed E-state index contributed by atoms with van der Waals surface area (Å²) in [5.74, 6) is 0.0158. The number of nitriles is 1. The first-order valence-corrected chi connectivity index (χ1v) is 6.25. The van der Waals surface area contributed by atoms with E-state index in [1.165, 1.54) is 12.3 Å². The van der Waals surface area contributed by atoms with Crippen molar-refractivity contribution in [2.45, 2.75) is 6.54 Å². The number of carbonyl (C=O) groups excluding carboxylic acids is 1. The Hall–Kier alpha value is -2.51. The molecule has 0 radical (unpaired) electrons. The van der Waals surface area contributed by atoms with Gasteiger partial charge in [0.05, 0.1) is 6.26 Å². The first-order chi connectivity index (χ1) is 9.69. The van der Waals surface area contributed by atoms with Crippen LogP contribution in [-0.2, 0) is 11.3 Å². The molecule has 1 amide bonds. The van der Waals surface area contributed by atoms with Gasteiger partial charge in [-0.2, -0.15) is 5.26 Å². The van der Waals surface area contributed by atoms with Gasteiger partial charge in [0, 0.05) is 17.6 Å². The van der Waals surface area contributed by atoms with Crippen LogP contribution in [0.3, 0.4) is 0 Å². The third kappa shape index (κ3) is 3.74. The summed E-state index contributed by atoms with van der Waals surface area (Å²) in [5, 5.41) is 12.3. The van der Waals surface area contributed by atoms with Crippen molar-refractivity contribution in [1.29, 1.82) is 5.26 Å². The molecule has 0 saturated carbocycles. The number of hydrogen-bond acceptors (Lipinski definition) is 3. The molecule has 0 unspecified atom stereocenters. The number of furan rings is 1. The van der Waals surface area contributed by atoms with E-state index < -0.39 is 5.91 Å². The van der Waals surface area contributed by atoms with Gasteiger partial charge in [0.1, 0.15) is 17.4 Å². The molecule has 1 N–H and O–H groups in total. The summed E-state index contributed by atoms with van der Waals surface area (Å²) in [6, 6.07) is 12.3. The maximum absolute atomic E-state index is 11.9. The third-order valence-corrected chi connectivity index (χ3v) is 2.81. The quantitative estimate of drug-likeness (QED) is 0.693.